The highest BCUT2D eigenvalue weighted by Crippen LogP contribution is 2.30. The number of fused-ring (bicyclic) bond motifs is 1. The zero-order valence-electron chi connectivity index (χ0n) is 16.1. The van der Waals surface area contributed by atoms with Gasteiger partial charge in [0, 0.05) is 25.1 Å². The lowest BCUT2D eigenvalue weighted by Gasteiger charge is -2.25. The third-order valence-electron chi connectivity index (χ3n) is 5.17. The molecule has 2 aromatic carbocycles. The number of amides is 2. The molecule has 29 heavy (non-hydrogen) atoms. The molecule has 2 aromatic rings. The van der Waals surface area contributed by atoms with Crippen molar-refractivity contribution in [2.45, 2.75) is 25.8 Å². The largest absolute Gasteiger partial charge is 0.465 e. The molecule has 7 heteroatoms. The van der Waals surface area contributed by atoms with Crippen molar-refractivity contribution >= 4 is 29.2 Å². The fourth-order valence-electron chi connectivity index (χ4n) is 3.65. The molecule has 0 fully saturated rings. The van der Waals surface area contributed by atoms with Crippen LogP contribution in [-0.2, 0) is 27.3 Å². The Bertz CT molecular complexity index is 1000. The van der Waals surface area contributed by atoms with Gasteiger partial charge < -0.3 is 9.64 Å². The molecule has 0 bridgehead atoms. The van der Waals surface area contributed by atoms with E-state index in [0.717, 1.165) is 16.8 Å². The molecule has 0 saturated carbocycles. The predicted molar refractivity (Wildman–Crippen MR) is 107 cm³/mol. The monoisotopic (exact) mass is 391 g/mol. The Labute approximate surface area is 168 Å². The minimum atomic E-state index is -0.399. The summed E-state index contributed by atoms with van der Waals surface area (Å²) in [7, 11) is 1.34. The molecule has 0 aliphatic carbocycles. The van der Waals surface area contributed by atoms with E-state index in [-0.39, 0.29) is 18.2 Å². The molecular formula is C22H21N3O4. The zero-order valence-corrected chi connectivity index (χ0v) is 16.1. The summed E-state index contributed by atoms with van der Waals surface area (Å²) in [6.07, 6.45) is 1.25. The smallest absolute Gasteiger partial charge is 0.337 e. The van der Waals surface area contributed by atoms with Gasteiger partial charge in [-0.2, -0.15) is 5.10 Å². The lowest BCUT2D eigenvalue weighted by molar-refractivity contribution is -0.132. The topological polar surface area (TPSA) is 79.3 Å². The number of carbonyl (C=O) groups is 3. The number of hydrogen-bond acceptors (Lipinski definition) is 5. The average Bonchev–Trinajstić information content (AvgIpc) is 3.18. The number of ether oxygens (including phenoxy) is 1. The number of carbonyl (C=O) groups excluding carboxylic acids is 3. The first kappa shape index (κ1) is 18.9. The number of esters is 1. The van der Waals surface area contributed by atoms with Crippen LogP contribution >= 0.6 is 0 Å². The van der Waals surface area contributed by atoms with Crippen molar-refractivity contribution in [3.63, 3.8) is 0 Å². The number of anilines is 1. The summed E-state index contributed by atoms with van der Waals surface area (Å²) in [5.41, 5.74) is 3.51. The fourth-order valence-corrected chi connectivity index (χ4v) is 3.65. The van der Waals surface area contributed by atoms with Crippen LogP contribution in [0.1, 0.15) is 34.3 Å². The first-order valence-electron chi connectivity index (χ1n) is 9.51. The Morgan fingerprint density at radius 3 is 2.62 bits per heavy atom. The molecule has 2 aliphatic heterocycles. The van der Waals surface area contributed by atoms with E-state index in [1.54, 1.807) is 23.1 Å². The van der Waals surface area contributed by atoms with Crippen LogP contribution in [0, 0.1) is 0 Å². The van der Waals surface area contributed by atoms with E-state index >= 15 is 0 Å². The normalized spacial score (nSPS) is 15.8. The molecule has 0 aromatic heterocycles. The Morgan fingerprint density at radius 2 is 1.86 bits per heavy atom. The molecule has 7 nitrogen and oxygen atoms in total. The van der Waals surface area contributed by atoms with Gasteiger partial charge in [0.2, 0.25) is 5.91 Å². The van der Waals surface area contributed by atoms with E-state index in [9.17, 15) is 14.4 Å². The summed E-state index contributed by atoms with van der Waals surface area (Å²) in [6.45, 7) is 0.861. The molecule has 148 valence electrons. The second kappa shape index (κ2) is 7.87. The zero-order chi connectivity index (χ0) is 20.4. The summed E-state index contributed by atoms with van der Waals surface area (Å²) < 4.78 is 4.76. The summed E-state index contributed by atoms with van der Waals surface area (Å²) in [6, 6.07) is 14.8. The molecule has 0 radical (unpaired) electrons. The highest BCUT2D eigenvalue weighted by atomic mass is 16.5. The van der Waals surface area contributed by atoms with Gasteiger partial charge in [0.1, 0.15) is 5.71 Å². The van der Waals surface area contributed by atoms with Crippen LogP contribution in [-0.4, -0.2) is 42.2 Å². The molecule has 2 amide bonds. The number of nitrogens with zero attached hydrogens (tertiary/aromatic N) is 3. The number of rotatable bonds is 4. The molecule has 2 aliphatic rings. The quantitative estimate of drug-likeness (QED) is 0.751. The van der Waals surface area contributed by atoms with E-state index in [0.29, 0.717) is 37.2 Å². The van der Waals surface area contributed by atoms with Crippen molar-refractivity contribution in [3.8, 4) is 0 Å². The predicted octanol–water partition coefficient (Wildman–Crippen LogP) is 2.54. The highest BCUT2D eigenvalue weighted by molar-refractivity contribution is 6.44. The molecule has 0 saturated heterocycles. The summed E-state index contributed by atoms with van der Waals surface area (Å²) in [5.74, 6) is -0.681. The third kappa shape index (κ3) is 3.76. The van der Waals surface area contributed by atoms with Crippen molar-refractivity contribution in [2.75, 3.05) is 18.6 Å². The number of benzene rings is 2. The van der Waals surface area contributed by atoms with E-state index in [4.69, 9.17) is 4.74 Å². The molecule has 2 heterocycles. The molecule has 0 N–H and O–H groups in total. The van der Waals surface area contributed by atoms with Crippen LogP contribution in [0.3, 0.4) is 0 Å². The van der Waals surface area contributed by atoms with E-state index < -0.39 is 5.97 Å². The fraction of sp³-hybridized carbons (Fsp3) is 0.273. The number of hydrogen-bond donors (Lipinski definition) is 0. The van der Waals surface area contributed by atoms with Crippen molar-refractivity contribution in [1.82, 2.24) is 5.01 Å². The molecule has 0 spiro atoms. The van der Waals surface area contributed by atoms with E-state index in [1.165, 1.54) is 12.1 Å². The summed E-state index contributed by atoms with van der Waals surface area (Å²) in [5, 5.41) is 5.75. The Hall–Kier alpha value is -3.48. The Morgan fingerprint density at radius 1 is 1.07 bits per heavy atom. The Balaban J connectivity index is 1.55. The minimum Gasteiger partial charge on any atom is -0.465 e. The van der Waals surface area contributed by atoms with Crippen LogP contribution in [0.2, 0.25) is 0 Å². The first-order chi connectivity index (χ1) is 14.1. The lowest BCUT2D eigenvalue weighted by Crippen LogP contribution is -2.40. The number of methoxy groups -OCH3 is 1. The first-order valence-corrected chi connectivity index (χ1v) is 9.51. The van der Waals surface area contributed by atoms with Crippen molar-refractivity contribution < 1.29 is 19.1 Å². The van der Waals surface area contributed by atoms with Gasteiger partial charge in [-0.1, -0.05) is 30.3 Å². The Kier molecular flexibility index (Phi) is 5.12. The van der Waals surface area contributed by atoms with Crippen molar-refractivity contribution in [3.05, 3.63) is 65.2 Å². The van der Waals surface area contributed by atoms with Crippen LogP contribution < -0.4 is 4.90 Å². The van der Waals surface area contributed by atoms with E-state index in [1.807, 2.05) is 30.3 Å². The summed E-state index contributed by atoms with van der Waals surface area (Å²) >= 11 is 0. The molecular weight excluding hydrogens is 370 g/mol. The SMILES string of the molecule is COC(=O)c1ccc2c(c1)CCN2C(=O)C1=NN(Cc2ccccc2)C(=O)CC1. The van der Waals surface area contributed by atoms with Gasteiger partial charge in [0.05, 0.1) is 19.2 Å². The van der Waals surface area contributed by atoms with Crippen molar-refractivity contribution in [2.24, 2.45) is 5.10 Å². The van der Waals surface area contributed by atoms with Gasteiger partial charge >= 0.3 is 5.97 Å². The van der Waals surface area contributed by atoms with Crippen LogP contribution in [0.5, 0.6) is 0 Å². The maximum Gasteiger partial charge on any atom is 0.337 e. The minimum absolute atomic E-state index is 0.0880. The maximum absolute atomic E-state index is 13.1. The van der Waals surface area contributed by atoms with Gasteiger partial charge in [0.25, 0.3) is 5.91 Å². The van der Waals surface area contributed by atoms with Gasteiger partial charge in [-0.25, -0.2) is 9.80 Å². The summed E-state index contributed by atoms with van der Waals surface area (Å²) in [4.78, 5) is 38.8. The standard InChI is InChI=1S/C22H21N3O4/c1-29-22(28)17-7-9-19-16(13-17)11-12-24(19)21(27)18-8-10-20(26)25(23-18)14-15-5-3-2-4-6-15/h2-7,9,13H,8,10-12,14H2,1H3. The third-order valence-corrected chi connectivity index (χ3v) is 5.17. The van der Waals surface area contributed by atoms with Gasteiger partial charge in [-0.15, -0.1) is 0 Å². The van der Waals surface area contributed by atoms with Gasteiger partial charge in [-0.05, 0) is 35.7 Å². The van der Waals surface area contributed by atoms with Crippen LogP contribution in [0.15, 0.2) is 53.6 Å². The maximum atomic E-state index is 13.1. The van der Waals surface area contributed by atoms with Crippen LogP contribution in [0.25, 0.3) is 0 Å². The van der Waals surface area contributed by atoms with Crippen LogP contribution in [0.4, 0.5) is 5.69 Å². The second-order valence-corrected chi connectivity index (χ2v) is 7.03. The molecule has 4 rings (SSSR count). The van der Waals surface area contributed by atoms with E-state index in [2.05, 4.69) is 5.10 Å². The lowest BCUT2D eigenvalue weighted by atomic mass is 10.1. The average molecular weight is 391 g/mol. The van der Waals surface area contributed by atoms with Gasteiger partial charge in [0.15, 0.2) is 0 Å². The second-order valence-electron chi connectivity index (χ2n) is 7.03. The van der Waals surface area contributed by atoms with Crippen molar-refractivity contribution in [1.29, 1.82) is 0 Å². The molecule has 0 atom stereocenters. The number of hydrazone groups is 1. The van der Waals surface area contributed by atoms with Gasteiger partial charge in [-0.3, -0.25) is 9.59 Å². The highest BCUT2D eigenvalue weighted by Gasteiger charge is 2.32. The molecule has 0 unspecified atom stereocenters.